The molecular weight excluding hydrogens is 174 g/mol. The molecule has 0 fully saturated rings. The molecule has 1 aromatic carbocycles. The van der Waals surface area contributed by atoms with Gasteiger partial charge in [0.25, 0.3) is 0 Å². The number of aliphatic hydroxyl groups is 1. The normalized spacial score (nSPS) is 8.86. The van der Waals surface area contributed by atoms with Gasteiger partial charge in [0.05, 0.1) is 0 Å². The van der Waals surface area contributed by atoms with E-state index in [-0.39, 0.29) is 6.61 Å². The lowest BCUT2D eigenvalue weighted by atomic mass is 10.1. The summed E-state index contributed by atoms with van der Waals surface area (Å²) in [7, 11) is 0. The summed E-state index contributed by atoms with van der Waals surface area (Å²) in [5.41, 5.74) is 2.32. The Morgan fingerprint density at radius 2 is 1.71 bits per heavy atom. The lowest BCUT2D eigenvalue weighted by Gasteiger charge is -2.03. The highest BCUT2D eigenvalue weighted by molar-refractivity contribution is 5.44. The zero-order valence-corrected chi connectivity index (χ0v) is 9.38. The maximum Gasteiger partial charge on any atom is 0.0471 e. The van der Waals surface area contributed by atoms with E-state index in [0.29, 0.717) is 0 Å². The molecule has 0 saturated heterocycles. The molecule has 0 aliphatic heterocycles. The smallest absolute Gasteiger partial charge is 0.0471 e. The van der Waals surface area contributed by atoms with Gasteiger partial charge in [-0.15, -0.1) is 0 Å². The zero-order chi connectivity index (χ0) is 10.8. The van der Waals surface area contributed by atoms with Crippen molar-refractivity contribution in [1.29, 1.82) is 0 Å². The lowest BCUT2D eigenvalue weighted by Crippen LogP contribution is -1.96. The number of nitrogens with one attached hydrogen (secondary N) is 1. The van der Waals surface area contributed by atoms with Crippen molar-refractivity contribution in [3.8, 4) is 0 Å². The molecule has 0 heterocycles. The molecule has 0 amide bonds. The predicted octanol–water partition coefficient (Wildman–Crippen LogP) is 2.68. The van der Waals surface area contributed by atoms with Gasteiger partial charge < -0.3 is 10.4 Å². The molecular formula is C12H21NO. The molecule has 0 spiro atoms. The van der Waals surface area contributed by atoms with Crippen LogP contribution in [0.25, 0.3) is 0 Å². The third kappa shape index (κ3) is 4.87. The summed E-state index contributed by atoms with van der Waals surface area (Å²) in [6.45, 7) is 7.24. The van der Waals surface area contributed by atoms with E-state index in [0.717, 1.165) is 18.7 Å². The Morgan fingerprint density at radius 1 is 1.14 bits per heavy atom. The van der Waals surface area contributed by atoms with Gasteiger partial charge >= 0.3 is 0 Å². The second-order valence-electron chi connectivity index (χ2n) is 2.70. The van der Waals surface area contributed by atoms with Gasteiger partial charge in [-0.05, 0) is 31.0 Å². The van der Waals surface area contributed by atoms with Gasteiger partial charge in [0, 0.05) is 18.8 Å². The molecule has 0 unspecified atom stereocenters. The van der Waals surface area contributed by atoms with Gasteiger partial charge in [0.1, 0.15) is 0 Å². The number of aliphatic hydroxyl groups excluding tert-OH is 1. The average molecular weight is 195 g/mol. The standard InChI is InChI=1S/C10H15NO.C2H6/c1-2-11-10-5-3-9(4-6-10)7-8-12;1-2/h3-6,11-12H,2,7-8H2,1H3;1-2H3. The Hall–Kier alpha value is -1.02. The molecule has 1 aromatic rings. The van der Waals surface area contributed by atoms with Crippen LogP contribution in [0, 0.1) is 0 Å². The van der Waals surface area contributed by atoms with Crippen LogP contribution in [0.2, 0.25) is 0 Å². The van der Waals surface area contributed by atoms with E-state index in [1.807, 2.05) is 38.1 Å². The van der Waals surface area contributed by atoms with Crippen molar-refractivity contribution in [3.05, 3.63) is 29.8 Å². The molecule has 0 saturated carbocycles. The third-order valence-corrected chi connectivity index (χ3v) is 1.74. The highest BCUT2D eigenvalue weighted by Crippen LogP contribution is 2.09. The second kappa shape index (κ2) is 8.57. The van der Waals surface area contributed by atoms with Gasteiger partial charge in [0.2, 0.25) is 0 Å². The first kappa shape index (κ1) is 13.0. The molecule has 1 rings (SSSR count). The van der Waals surface area contributed by atoms with E-state index in [9.17, 15) is 0 Å². The first-order valence-electron chi connectivity index (χ1n) is 5.30. The molecule has 2 nitrogen and oxygen atoms in total. The Bertz CT molecular complexity index is 193. The number of rotatable bonds is 4. The molecule has 2 N–H and O–H groups in total. The largest absolute Gasteiger partial charge is 0.396 e. The first-order chi connectivity index (χ1) is 6.86. The molecule has 0 bridgehead atoms. The first-order valence-corrected chi connectivity index (χ1v) is 5.30. The Labute approximate surface area is 87.0 Å². The van der Waals surface area contributed by atoms with Gasteiger partial charge in [-0.25, -0.2) is 0 Å². The minimum absolute atomic E-state index is 0.223. The van der Waals surface area contributed by atoms with Crippen LogP contribution in [-0.2, 0) is 6.42 Å². The van der Waals surface area contributed by atoms with Gasteiger partial charge in [-0.1, -0.05) is 26.0 Å². The van der Waals surface area contributed by atoms with Crippen LogP contribution in [0.4, 0.5) is 5.69 Å². The minimum atomic E-state index is 0.223. The van der Waals surface area contributed by atoms with Crippen molar-refractivity contribution in [2.75, 3.05) is 18.5 Å². The Kier molecular flexibility index (Phi) is 7.95. The fourth-order valence-corrected chi connectivity index (χ4v) is 1.12. The average Bonchev–Trinajstić information content (AvgIpc) is 2.25. The third-order valence-electron chi connectivity index (χ3n) is 1.74. The highest BCUT2D eigenvalue weighted by Gasteiger charge is 1.91. The van der Waals surface area contributed by atoms with E-state index < -0.39 is 0 Å². The summed E-state index contributed by atoms with van der Waals surface area (Å²) in [4.78, 5) is 0. The maximum absolute atomic E-state index is 8.68. The number of hydrogen-bond donors (Lipinski definition) is 2. The van der Waals surface area contributed by atoms with E-state index in [2.05, 4.69) is 12.2 Å². The summed E-state index contributed by atoms with van der Waals surface area (Å²) in [5, 5.41) is 11.9. The summed E-state index contributed by atoms with van der Waals surface area (Å²) in [5.74, 6) is 0. The second-order valence-corrected chi connectivity index (χ2v) is 2.70. The van der Waals surface area contributed by atoms with E-state index in [1.165, 1.54) is 5.56 Å². The molecule has 2 heteroatoms. The van der Waals surface area contributed by atoms with Crippen molar-refractivity contribution in [1.82, 2.24) is 0 Å². The van der Waals surface area contributed by atoms with E-state index in [1.54, 1.807) is 0 Å². The van der Waals surface area contributed by atoms with E-state index in [4.69, 9.17) is 5.11 Å². The number of hydrogen-bond acceptors (Lipinski definition) is 2. The molecule has 14 heavy (non-hydrogen) atoms. The minimum Gasteiger partial charge on any atom is -0.396 e. The van der Waals surface area contributed by atoms with Gasteiger partial charge in [-0.3, -0.25) is 0 Å². The van der Waals surface area contributed by atoms with Crippen molar-refractivity contribution in [3.63, 3.8) is 0 Å². The molecule has 0 atom stereocenters. The Morgan fingerprint density at radius 3 is 2.14 bits per heavy atom. The monoisotopic (exact) mass is 195 g/mol. The lowest BCUT2D eigenvalue weighted by molar-refractivity contribution is 0.299. The van der Waals surface area contributed by atoms with Crippen LogP contribution in [0.5, 0.6) is 0 Å². The predicted molar refractivity (Wildman–Crippen MR) is 62.7 cm³/mol. The topological polar surface area (TPSA) is 32.3 Å². The molecule has 0 aromatic heterocycles. The molecule has 0 radical (unpaired) electrons. The van der Waals surface area contributed by atoms with Gasteiger partial charge in [-0.2, -0.15) is 0 Å². The van der Waals surface area contributed by atoms with Crippen molar-refractivity contribution in [2.45, 2.75) is 27.2 Å². The van der Waals surface area contributed by atoms with Crippen LogP contribution in [0.15, 0.2) is 24.3 Å². The van der Waals surface area contributed by atoms with Crippen LogP contribution in [-0.4, -0.2) is 18.3 Å². The summed E-state index contributed by atoms with van der Waals surface area (Å²) >= 11 is 0. The van der Waals surface area contributed by atoms with Crippen LogP contribution in [0.1, 0.15) is 26.3 Å². The highest BCUT2D eigenvalue weighted by atomic mass is 16.2. The Balaban J connectivity index is 0.000000791. The van der Waals surface area contributed by atoms with Crippen LogP contribution in [0.3, 0.4) is 0 Å². The quantitative estimate of drug-likeness (QED) is 0.774. The summed E-state index contributed by atoms with van der Waals surface area (Å²) in [6.07, 6.45) is 0.742. The van der Waals surface area contributed by atoms with Crippen LogP contribution < -0.4 is 5.32 Å². The van der Waals surface area contributed by atoms with Crippen molar-refractivity contribution < 1.29 is 5.11 Å². The molecule has 80 valence electrons. The summed E-state index contributed by atoms with van der Waals surface area (Å²) in [6, 6.07) is 8.14. The number of benzene rings is 1. The van der Waals surface area contributed by atoms with Crippen molar-refractivity contribution in [2.24, 2.45) is 0 Å². The van der Waals surface area contributed by atoms with E-state index >= 15 is 0 Å². The zero-order valence-electron chi connectivity index (χ0n) is 9.38. The number of anilines is 1. The summed E-state index contributed by atoms with van der Waals surface area (Å²) < 4.78 is 0. The maximum atomic E-state index is 8.68. The SMILES string of the molecule is CC.CCNc1ccc(CCO)cc1. The fourth-order valence-electron chi connectivity index (χ4n) is 1.12. The molecule has 0 aliphatic rings. The van der Waals surface area contributed by atoms with Crippen molar-refractivity contribution >= 4 is 5.69 Å². The fraction of sp³-hybridized carbons (Fsp3) is 0.500. The van der Waals surface area contributed by atoms with Crippen LogP contribution >= 0.6 is 0 Å². The molecule has 0 aliphatic carbocycles. The van der Waals surface area contributed by atoms with Gasteiger partial charge in [0.15, 0.2) is 0 Å².